The zero-order valence-electron chi connectivity index (χ0n) is 6.85. The molecule has 0 spiro atoms. The van der Waals surface area contributed by atoms with Gasteiger partial charge in [-0.1, -0.05) is 15.9 Å². The molecular formula is C9H11BrFN. The van der Waals surface area contributed by atoms with Crippen molar-refractivity contribution < 1.29 is 4.39 Å². The number of halogens is 2. The van der Waals surface area contributed by atoms with Crippen LogP contribution in [0.3, 0.4) is 0 Å². The lowest BCUT2D eigenvalue weighted by molar-refractivity contribution is 0.595. The summed E-state index contributed by atoms with van der Waals surface area (Å²) in [5, 5.41) is 0. The van der Waals surface area contributed by atoms with Crippen molar-refractivity contribution in [2.75, 3.05) is 0 Å². The SMILES string of the molecule is CC(N)Cc1cc(Br)ccc1F. The molecule has 0 heterocycles. The van der Waals surface area contributed by atoms with Gasteiger partial charge in [0.15, 0.2) is 0 Å². The van der Waals surface area contributed by atoms with Crippen LogP contribution in [0.15, 0.2) is 22.7 Å². The molecular weight excluding hydrogens is 221 g/mol. The van der Waals surface area contributed by atoms with E-state index < -0.39 is 0 Å². The summed E-state index contributed by atoms with van der Waals surface area (Å²) >= 11 is 3.28. The van der Waals surface area contributed by atoms with E-state index in [0.29, 0.717) is 12.0 Å². The normalized spacial score (nSPS) is 13.0. The van der Waals surface area contributed by atoms with Crippen LogP contribution in [-0.2, 0) is 6.42 Å². The topological polar surface area (TPSA) is 26.0 Å². The fourth-order valence-corrected chi connectivity index (χ4v) is 1.46. The first-order valence-corrected chi connectivity index (χ1v) is 4.58. The third kappa shape index (κ3) is 2.57. The molecule has 3 heteroatoms. The molecule has 0 aliphatic carbocycles. The van der Waals surface area contributed by atoms with Gasteiger partial charge in [-0.15, -0.1) is 0 Å². The maximum atomic E-state index is 13.1. The highest BCUT2D eigenvalue weighted by molar-refractivity contribution is 9.10. The van der Waals surface area contributed by atoms with Crippen molar-refractivity contribution in [1.29, 1.82) is 0 Å². The zero-order chi connectivity index (χ0) is 9.14. The summed E-state index contributed by atoms with van der Waals surface area (Å²) in [6.07, 6.45) is 0.575. The van der Waals surface area contributed by atoms with Crippen LogP contribution in [0.25, 0.3) is 0 Å². The monoisotopic (exact) mass is 231 g/mol. The van der Waals surface area contributed by atoms with Gasteiger partial charge in [0.1, 0.15) is 5.82 Å². The Labute approximate surface area is 79.9 Å². The molecule has 2 N–H and O–H groups in total. The molecule has 1 atom stereocenters. The van der Waals surface area contributed by atoms with E-state index in [1.54, 1.807) is 12.1 Å². The maximum Gasteiger partial charge on any atom is 0.126 e. The first-order chi connectivity index (χ1) is 5.59. The molecule has 0 fully saturated rings. The van der Waals surface area contributed by atoms with Crippen molar-refractivity contribution in [3.05, 3.63) is 34.1 Å². The number of benzene rings is 1. The Morgan fingerprint density at radius 3 is 2.83 bits per heavy atom. The van der Waals surface area contributed by atoms with Gasteiger partial charge in [0.2, 0.25) is 0 Å². The van der Waals surface area contributed by atoms with E-state index >= 15 is 0 Å². The maximum absolute atomic E-state index is 13.1. The summed E-state index contributed by atoms with van der Waals surface area (Å²) in [5.74, 6) is -0.185. The van der Waals surface area contributed by atoms with Crippen LogP contribution in [-0.4, -0.2) is 6.04 Å². The lowest BCUT2D eigenvalue weighted by Gasteiger charge is -2.06. The van der Waals surface area contributed by atoms with Crippen LogP contribution in [0.4, 0.5) is 4.39 Å². The van der Waals surface area contributed by atoms with Crippen molar-refractivity contribution in [3.8, 4) is 0 Å². The fraction of sp³-hybridized carbons (Fsp3) is 0.333. The van der Waals surface area contributed by atoms with E-state index in [1.807, 2.05) is 6.92 Å². The molecule has 1 rings (SSSR count). The van der Waals surface area contributed by atoms with Crippen molar-refractivity contribution in [2.45, 2.75) is 19.4 Å². The van der Waals surface area contributed by atoms with Gasteiger partial charge in [-0.3, -0.25) is 0 Å². The number of rotatable bonds is 2. The average molecular weight is 232 g/mol. The zero-order valence-corrected chi connectivity index (χ0v) is 8.44. The molecule has 1 aromatic carbocycles. The summed E-state index contributed by atoms with van der Waals surface area (Å²) in [6, 6.07) is 4.88. The third-order valence-electron chi connectivity index (χ3n) is 1.55. The predicted molar refractivity (Wildman–Crippen MR) is 51.5 cm³/mol. The van der Waals surface area contributed by atoms with Gasteiger partial charge >= 0.3 is 0 Å². The quantitative estimate of drug-likeness (QED) is 0.832. The fourth-order valence-electron chi connectivity index (χ4n) is 1.05. The summed E-state index contributed by atoms with van der Waals surface area (Å²) < 4.78 is 13.9. The molecule has 0 saturated heterocycles. The Balaban J connectivity index is 2.90. The molecule has 0 amide bonds. The molecule has 66 valence electrons. The minimum atomic E-state index is -0.185. The van der Waals surface area contributed by atoms with E-state index in [2.05, 4.69) is 15.9 Å². The highest BCUT2D eigenvalue weighted by Crippen LogP contribution is 2.16. The second-order valence-electron chi connectivity index (χ2n) is 2.92. The van der Waals surface area contributed by atoms with Gasteiger partial charge in [0, 0.05) is 10.5 Å². The molecule has 0 saturated carbocycles. The summed E-state index contributed by atoms with van der Waals surface area (Å²) in [7, 11) is 0. The number of nitrogens with two attached hydrogens (primary N) is 1. The Morgan fingerprint density at radius 1 is 1.58 bits per heavy atom. The van der Waals surface area contributed by atoms with Gasteiger partial charge in [-0.05, 0) is 37.1 Å². The first kappa shape index (κ1) is 9.68. The smallest absolute Gasteiger partial charge is 0.126 e. The van der Waals surface area contributed by atoms with Gasteiger partial charge in [0.25, 0.3) is 0 Å². The van der Waals surface area contributed by atoms with E-state index in [1.165, 1.54) is 6.07 Å². The minimum absolute atomic E-state index is 0.00574. The third-order valence-corrected chi connectivity index (χ3v) is 2.04. The van der Waals surface area contributed by atoms with E-state index in [-0.39, 0.29) is 11.9 Å². The van der Waals surface area contributed by atoms with Crippen LogP contribution in [0.1, 0.15) is 12.5 Å². The molecule has 0 aliphatic heterocycles. The largest absolute Gasteiger partial charge is 0.328 e. The van der Waals surface area contributed by atoms with Crippen LogP contribution >= 0.6 is 15.9 Å². The van der Waals surface area contributed by atoms with Crippen molar-refractivity contribution in [3.63, 3.8) is 0 Å². The van der Waals surface area contributed by atoms with Gasteiger partial charge in [-0.2, -0.15) is 0 Å². The molecule has 1 aromatic rings. The van der Waals surface area contributed by atoms with Gasteiger partial charge in [-0.25, -0.2) is 4.39 Å². The predicted octanol–water partition coefficient (Wildman–Crippen LogP) is 2.48. The van der Waals surface area contributed by atoms with Crippen LogP contribution in [0, 0.1) is 5.82 Å². The summed E-state index contributed by atoms with van der Waals surface area (Å²) in [5.41, 5.74) is 6.23. The van der Waals surface area contributed by atoms with Crippen LogP contribution in [0.5, 0.6) is 0 Å². The molecule has 0 bridgehead atoms. The highest BCUT2D eigenvalue weighted by atomic mass is 79.9. The van der Waals surface area contributed by atoms with E-state index in [0.717, 1.165) is 4.47 Å². The van der Waals surface area contributed by atoms with Gasteiger partial charge in [0.05, 0.1) is 0 Å². The Kier molecular flexibility index (Phi) is 3.23. The Hall–Kier alpha value is -0.410. The summed E-state index contributed by atoms with van der Waals surface area (Å²) in [4.78, 5) is 0. The van der Waals surface area contributed by atoms with Crippen molar-refractivity contribution in [2.24, 2.45) is 5.73 Å². The Morgan fingerprint density at radius 2 is 2.25 bits per heavy atom. The van der Waals surface area contributed by atoms with E-state index in [9.17, 15) is 4.39 Å². The second-order valence-corrected chi connectivity index (χ2v) is 3.83. The minimum Gasteiger partial charge on any atom is -0.328 e. The lowest BCUT2D eigenvalue weighted by Crippen LogP contribution is -2.18. The van der Waals surface area contributed by atoms with Crippen molar-refractivity contribution >= 4 is 15.9 Å². The molecule has 0 radical (unpaired) electrons. The van der Waals surface area contributed by atoms with Crippen LogP contribution < -0.4 is 5.73 Å². The molecule has 1 unspecified atom stereocenters. The molecule has 12 heavy (non-hydrogen) atoms. The molecule has 1 nitrogen and oxygen atoms in total. The highest BCUT2D eigenvalue weighted by Gasteiger charge is 2.04. The van der Waals surface area contributed by atoms with Crippen LogP contribution in [0.2, 0.25) is 0 Å². The van der Waals surface area contributed by atoms with Gasteiger partial charge < -0.3 is 5.73 Å². The second kappa shape index (κ2) is 4.01. The standard InChI is InChI=1S/C9H11BrFN/c1-6(12)4-7-5-8(10)2-3-9(7)11/h2-3,5-6H,4,12H2,1H3. The lowest BCUT2D eigenvalue weighted by atomic mass is 10.1. The summed E-state index contributed by atoms with van der Waals surface area (Å²) in [6.45, 7) is 1.86. The number of hydrogen-bond donors (Lipinski definition) is 1. The molecule has 0 aliphatic rings. The Bertz CT molecular complexity index is 273. The first-order valence-electron chi connectivity index (χ1n) is 3.79. The number of hydrogen-bond acceptors (Lipinski definition) is 1. The average Bonchev–Trinajstić information content (AvgIpc) is 1.96. The molecule has 0 aromatic heterocycles. The van der Waals surface area contributed by atoms with Crippen molar-refractivity contribution in [1.82, 2.24) is 0 Å². The van der Waals surface area contributed by atoms with E-state index in [4.69, 9.17) is 5.73 Å².